The molecule has 1 N–H and O–H groups in total. The van der Waals surface area contributed by atoms with Crippen LogP contribution in [-0.4, -0.2) is 11.1 Å². The molecule has 82 valence electrons. The number of unbranched alkanes of at least 4 members (excludes halogenated alkanes) is 2. The van der Waals surface area contributed by atoms with Gasteiger partial charge in [-0.05, 0) is 32.6 Å². The highest BCUT2D eigenvalue weighted by Crippen LogP contribution is 2.16. The number of hydrogen-bond donors (Lipinski definition) is 1. The summed E-state index contributed by atoms with van der Waals surface area (Å²) in [5.41, 5.74) is 0. The zero-order valence-corrected chi connectivity index (χ0v) is 9.33. The fraction of sp³-hybridized carbons (Fsp3) is 0.750. The molecule has 0 rings (SSSR count). The van der Waals surface area contributed by atoms with Crippen LogP contribution in [0.5, 0.6) is 0 Å². The lowest BCUT2D eigenvalue weighted by Crippen LogP contribution is -2.13. The third kappa shape index (κ3) is 6.70. The number of hydrogen-bond acceptors (Lipinski definition) is 1. The molecule has 0 heterocycles. The van der Waals surface area contributed by atoms with Crippen molar-refractivity contribution in [2.45, 2.75) is 52.4 Å². The van der Waals surface area contributed by atoms with Crippen LogP contribution in [0.1, 0.15) is 52.4 Å². The smallest absolute Gasteiger partial charge is 0.306 e. The zero-order chi connectivity index (χ0) is 10.8. The molecule has 0 fully saturated rings. The molecule has 0 aromatic heterocycles. The van der Waals surface area contributed by atoms with E-state index in [1.807, 2.05) is 13.0 Å². The lowest BCUT2D eigenvalue weighted by atomic mass is 9.96. The Bertz CT molecular complexity index is 173. The molecule has 0 aromatic rings. The molecule has 1 unspecified atom stereocenters. The second-order valence-electron chi connectivity index (χ2n) is 3.68. The van der Waals surface area contributed by atoms with E-state index in [0.29, 0.717) is 0 Å². The summed E-state index contributed by atoms with van der Waals surface area (Å²) in [6, 6.07) is 0. The molecule has 2 heteroatoms. The van der Waals surface area contributed by atoms with Gasteiger partial charge in [-0.15, -0.1) is 0 Å². The Labute approximate surface area is 87.0 Å². The third-order valence-corrected chi connectivity index (χ3v) is 2.41. The van der Waals surface area contributed by atoms with E-state index in [2.05, 4.69) is 13.0 Å². The average molecular weight is 198 g/mol. The molecule has 2 nitrogen and oxygen atoms in total. The summed E-state index contributed by atoms with van der Waals surface area (Å²) in [6.07, 6.45) is 9.87. The van der Waals surface area contributed by atoms with Crippen molar-refractivity contribution in [3.63, 3.8) is 0 Å². The van der Waals surface area contributed by atoms with Gasteiger partial charge in [-0.1, -0.05) is 31.9 Å². The van der Waals surface area contributed by atoms with Gasteiger partial charge in [0.05, 0.1) is 5.92 Å². The molecule has 0 spiro atoms. The fourth-order valence-corrected chi connectivity index (χ4v) is 1.49. The van der Waals surface area contributed by atoms with Crippen LogP contribution in [0, 0.1) is 5.92 Å². The van der Waals surface area contributed by atoms with Gasteiger partial charge in [0.25, 0.3) is 0 Å². The van der Waals surface area contributed by atoms with E-state index in [-0.39, 0.29) is 5.92 Å². The van der Waals surface area contributed by atoms with Gasteiger partial charge < -0.3 is 5.11 Å². The Morgan fingerprint density at radius 2 is 2.00 bits per heavy atom. The van der Waals surface area contributed by atoms with Crippen molar-refractivity contribution in [2.75, 3.05) is 0 Å². The second kappa shape index (κ2) is 8.79. The van der Waals surface area contributed by atoms with Crippen molar-refractivity contribution in [3.05, 3.63) is 12.2 Å². The van der Waals surface area contributed by atoms with Crippen molar-refractivity contribution in [3.8, 4) is 0 Å². The average Bonchev–Trinajstić information content (AvgIpc) is 2.16. The van der Waals surface area contributed by atoms with Crippen molar-refractivity contribution in [1.82, 2.24) is 0 Å². The maximum Gasteiger partial charge on any atom is 0.306 e. The molecule has 0 aliphatic heterocycles. The monoisotopic (exact) mass is 198 g/mol. The van der Waals surface area contributed by atoms with Crippen molar-refractivity contribution < 1.29 is 9.90 Å². The Morgan fingerprint density at radius 1 is 1.36 bits per heavy atom. The van der Waals surface area contributed by atoms with Crippen molar-refractivity contribution >= 4 is 5.97 Å². The van der Waals surface area contributed by atoms with Crippen LogP contribution < -0.4 is 0 Å². The summed E-state index contributed by atoms with van der Waals surface area (Å²) in [5, 5.41) is 8.94. The molecule has 0 radical (unpaired) electrons. The number of rotatable bonds is 8. The van der Waals surface area contributed by atoms with Gasteiger partial charge in [-0.25, -0.2) is 0 Å². The Kier molecular flexibility index (Phi) is 8.30. The minimum absolute atomic E-state index is 0.125. The van der Waals surface area contributed by atoms with Gasteiger partial charge in [0.2, 0.25) is 0 Å². The summed E-state index contributed by atoms with van der Waals surface area (Å²) in [6.45, 7) is 4.09. The summed E-state index contributed by atoms with van der Waals surface area (Å²) >= 11 is 0. The van der Waals surface area contributed by atoms with E-state index < -0.39 is 5.97 Å². The summed E-state index contributed by atoms with van der Waals surface area (Å²) in [4.78, 5) is 10.9. The third-order valence-electron chi connectivity index (χ3n) is 2.41. The predicted molar refractivity (Wildman–Crippen MR) is 59.3 cm³/mol. The van der Waals surface area contributed by atoms with E-state index >= 15 is 0 Å². The van der Waals surface area contributed by atoms with E-state index in [1.54, 1.807) is 0 Å². The van der Waals surface area contributed by atoms with Gasteiger partial charge in [-0.3, -0.25) is 4.79 Å². The van der Waals surface area contributed by atoms with Crippen LogP contribution in [0.3, 0.4) is 0 Å². The maximum atomic E-state index is 10.9. The van der Waals surface area contributed by atoms with Crippen molar-refractivity contribution in [2.24, 2.45) is 5.92 Å². The van der Waals surface area contributed by atoms with Gasteiger partial charge in [0.15, 0.2) is 0 Å². The van der Waals surface area contributed by atoms with Crippen LogP contribution in [-0.2, 0) is 4.79 Å². The molecule has 0 saturated heterocycles. The van der Waals surface area contributed by atoms with Gasteiger partial charge in [0.1, 0.15) is 0 Å². The molecular formula is C12H22O2. The Morgan fingerprint density at radius 3 is 2.50 bits per heavy atom. The van der Waals surface area contributed by atoms with Gasteiger partial charge in [-0.2, -0.15) is 0 Å². The highest BCUT2D eigenvalue weighted by Gasteiger charge is 2.15. The molecule has 0 bridgehead atoms. The first-order valence-electron chi connectivity index (χ1n) is 5.56. The molecule has 0 aliphatic rings. The highest BCUT2D eigenvalue weighted by atomic mass is 16.4. The highest BCUT2D eigenvalue weighted by molar-refractivity contribution is 5.69. The molecule has 0 saturated carbocycles. The molecular weight excluding hydrogens is 176 g/mol. The second-order valence-corrected chi connectivity index (χ2v) is 3.68. The molecule has 0 aliphatic carbocycles. The van der Waals surface area contributed by atoms with Crippen LogP contribution in [0.4, 0.5) is 0 Å². The van der Waals surface area contributed by atoms with Gasteiger partial charge in [0, 0.05) is 0 Å². The largest absolute Gasteiger partial charge is 0.481 e. The maximum absolute atomic E-state index is 10.9. The first-order valence-corrected chi connectivity index (χ1v) is 5.56. The minimum Gasteiger partial charge on any atom is -0.481 e. The first-order chi connectivity index (χ1) is 6.72. The summed E-state index contributed by atoms with van der Waals surface area (Å²) in [5.74, 6) is -0.751. The van der Waals surface area contributed by atoms with Crippen LogP contribution in [0.25, 0.3) is 0 Å². The van der Waals surface area contributed by atoms with E-state index in [9.17, 15) is 4.79 Å². The first kappa shape index (κ1) is 13.2. The number of aliphatic carboxylic acids is 1. The number of carboxylic acids is 1. The van der Waals surface area contributed by atoms with Crippen molar-refractivity contribution in [1.29, 1.82) is 0 Å². The van der Waals surface area contributed by atoms with Gasteiger partial charge >= 0.3 is 5.97 Å². The number of carboxylic acid groups (broad SMARTS) is 1. The number of allylic oxidation sites excluding steroid dienone is 2. The lowest BCUT2D eigenvalue weighted by Gasteiger charge is -2.10. The topological polar surface area (TPSA) is 37.3 Å². The summed E-state index contributed by atoms with van der Waals surface area (Å²) < 4.78 is 0. The zero-order valence-electron chi connectivity index (χ0n) is 9.33. The minimum atomic E-state index is -0.626. The van der Waals surface area contributed by atoms with E-state index in [1.165, 1.54) is 0 Å². The SMILES string of the molecule is C/C=C\CCCC(CCCC)C(=O)O. The Balaban J connectivity index is 3.67. The summed E-state index contributed by atoms with van der Waals surface area (Å²) in [7, 11) is 0. The lowest BCUT2D eigenvalue weighted by molar-refractivity contribution is -0.142. The Hall–Kier alpha value is -0.790. The van der Waals surface area contributed by atoms with Crippen LogP contribution in [0.15, 0.2) is 12.2 Å². The fourth-order valence-electron chi connectivity index (χ4n) is 1.49. The standard InChI is InChI=1S/C12H22O2/c1-3-5-7-8-10-11(12(13)14)9-6-4-2/h3,5,11H,4,6-10H2,1-2H3,(H,13,14)/b5-3-. The normalized spacial score (nSPS) is 13.3. The molecule has 0 amide bonds. The number of carbonyl (C=O) groups is 1. The van der Waals surface area contributed by atoms with E-state index in [0.717, 1.165) is 38.5 Å². The molecule has 1 atom stereocenters. The molecule has 0 aromatic carbocycles. The molecule has 14 heavy (non-hydrogen) atoms. The van der Waals surface area contributed by atoms with Crippen LogP contribution >= 0.6 is 0 Å². The van der Waals surface area contributed by atoms with E-state index in [4.69, 9.17) is 5.11 Å². The predicted octanol–water partition coefficient (Wildman–Crippen LogP) is 3.62. The quantitative estimate of drug-likeness (QED) is 0.477. The van der Waals surface area contributed by atoms with Crippen LogP contribution in [0.2, 0.25) is 0 Å².